The number of methoxy groups -OCH3 is 1. The molecule has 3 aliphatic rings. The van der Waals surface area contributed by atoms with Crippen molar-refractivity contribution >= 4 is 29.0 Å². The van der Waals surface area contributed by atoms with Gasteiger partial charge in [0.15, 0.2) is 0 Å². The van der Waals surface area contributed by atoms with E-state index in [1.165, 1.54) is 17.5 Å². The first-order chi connectivity index (χ1) is 19.4. The van der Waals surface area contributed by atoms with E-state index in [2.05, 4.69) is 37.6 Å². The Balaban J connectivity index is 0.000000568. The normalized spacial score (nSPS) is 16.0. The Morgan fingerprint density at radius 1 is 1.05 bits per heavy atom. The number of piperidine rings is 1. The van der Waals surface area contributed by atoms with Gasteiger partial charge in [0, 0.05) is 64.5 Å². The maximum Gasteiger partial charge on any atom is 0.277 e. The third kappa shape index (κ3) is 6.13. The summed E-state index contributed by atoms with van der Waals surface area (Å²) in [5.74, 6) is 0.799. The molecule has 6 rings (SSSR count). The number of aromatic nitrogens is 3. The summed E-state index contributed by atoms with van der Waals surface area (Å²) in [5.41, 5.74) is 5.66. The summed E-state index contributed by atoms with van der Waals surface area (Å²) in [6.07, 6.45) is 6.15. The van der Waals surface area contributed by atoms with Gasteiger partial charge in [0.2, 0.25) is 5.91 Å². The molecule has 1 saturated heterocycles. The van der Waals surface area contributed by atoms with E-state index in [-0.39, 0.29) is 24.5 Å². The number of anilines is 3. The first-order valence-electron chi connectivity index (χ1n) is 13.7. The Bertz CT molecular complexity index is 1320. The molecule has 10 heteroatoms. The maximum absolute atomic E-state index is 13.3. The number of pyridine rings is 1. The number of aryl methyl sites for hydroxylation is 1. The van der Waals surface area contributed by atoms with E-state index in [0.717, 1.165) is 55.2 Å². The third-order valence-electron chi connectivity index (χ3n) is 7.25. The molecule has 0 saturated carbocycles. The topological polar surface area (TPSA) is 112 Å². The molecule has 2 amide bonds. The SMILES string of the molecule is CCO.COC.Cc1cccc2c1CCN2C(=O)c1cc(N2CCC(N3C(=O)Cc4ncccc43)CC2)ncn1. The fourth-order valence-corrected chi connectivity index (χ4v) is 5.50. The quantitative estimate of drug-likeness (QED) is 0.533. The van der Waals surface area contributed by atoms with Gasteiger partial charge in [-0.15, -0.1) is 0 Å². The molecular formula is C30H38N6O4. The van der Waals surface area contributed by atoms with Crippen LogP contribution in [0.5, 0.6) is 0 Å². The molecule has 3 aromatic rings. The smallest absolute Gasteiger partial charge is 0.277 e. The average molecular weight is 547 g/mol. The number of fused-ring (bicyclic) bond motifs is 2. The molecule has 0 bridgehead atoms. The van der Waals surface area contributed by atoms with E-state index >= 15 is 0 Å². The number of hydrogen-bond acceptors (Lipinski definition) is 8. The maximum atomic E-state index is 13.3. The molecule has 0 atom stereocenters. The molecular weight excluding hydrogens is 508 g/mol. The second-order valence-electron chi connectivity index (χ2n) is 9.89. The first kappa shape index (κ1) is 29.1. The van der Waals surface area contributed by atoms with Crippen molar-refractivity contribution in [1.82, 2.24) is 15.0 Å². The third-order valence-corrected chi connectivity index (χ3v) is 7.25. The molecule has 10 nitrogen and oxygen atoms in total. The van der Waals surface area contributed by atoms with Crippen LogP contribution in [0.25, 0.3) is 0 Å². The number of ether oxygens (including phenoxy) is 1. The van der Waals surface area contributed by atoms with Gasteiger partial charge in [-0.1, -0.05) is 12.1 Å². The fourth-order valence-electron chi connectivity index (χ4n) is 5.50. The van der Waals surface area contributed by atoms with Crippen LogP contribution in [0.1, 0.15) is 47.1 Å². The van der Waals surface area contributed by atoms with Crippen LogP contribution in [0.15, 0.2) is 48.9 Å². The first-order valence-corrected chi connectivity index (χ1v) is 13.7. The summed E-state index contributed by atoms with van der Waals surface area (Å²) in [6.45, 7) is 6.22. The van der Waals surface area contributed by atoms with Crippen molar-refractivity contribution in [3.05, 3.63) is 71.4 Å². The van der Waals surface area contributed by atoms with Gasteiger partial charge < -0.3 is 24.5 Å². The molecule has 1 N–H and O–H groups in total. The van der Waals surface area contributed by atoms with Gasteiger partial charge >= 0.3 is 0 Å². The Morgan fingerprint density at radius 2 is 1.75 bits per heavy atom. The van der Waals surface area contributed by atoms with Crippen molar-refractivity contribution in [2.45, 2.75) is 45.6 Å². The van der Waals surface area contributed by atoms with Crippen molar-refractivity contribution in [3.8, 4) is 0 Å². The van der Waals surface area contributed by atoms with Gasteiger partial charge in [0.25, 0.3) is 5.91 Å². The van der Waals surface area contributed by atoms with Crippen LogP contribution in [0.3, 0.4) is 0 Å². The van der Waals surface area contributed by atoms with E-state index in [0.29, 0.717) is 18.7 Å². The largest absolute Gasteiger partial charge is 0.397 e. The molecule has 2 aromatic heterocycles. The highest BCUT2D eigenvalue weighted by atomic mass is 16.4. The Labute approximate surface area is 235 Å². The van der Waals surface area contributed by atoms with Gasteiger partial charge in [-0.3, -0.25) is 14.6 Å². The number of aliphatic hydroxyl groups excluding tert-OH is 1. The minimum Gasteiger partial charge on any atom is -0.397 e. The van der Waals surface area contributed by atoms with E-state index in [1.807, 2.05) is 34.1 Å². The number of carbonyl (C=O) groups is 2. The Kier molecular flexibility index (Phi) is 9.79. The van der Waals surface area contributed by atoms with Crippen molar-refractivity contribution < 1.29 is 19.4 Å². The number of benzene rings is 1. The van der Waals surface area contributed by atoms with E-state index < -0.39 is 0 Å². The molecule has 0 unspecified atom stereocenters. The second-order valence-corrected chi connectivity index (χ2v) is 9.89. The summed E-state index contributed by atoms with van der Waals surface area (Å²) in [4.78, 5) is 45.0. The summed E-state index contributed by atoms with van der Waals surface area (Å²) in [6, 6.07) is 11.9. The lowest BCUT2D eigenvalue weighted by Crippen LogP contribution is -2.46. The van der Waals surface area contributed by atoms with E-state index in [9.17, 15) is 9.59 Å². The standard InChI is InChI=1S/C26H26N6O2.2C2H6O/c1-17-4-2-5-22-19(17)9-13-31(22)26(34)21-14-24(29-16-28-21)30-11-7-18(8-12-30)32-23-6-3-10-27-20(23)15-25(32)33;1-3-2;1-2-3/h2-6,10,14,16,18H,7-9,11-13,15H2,1H3;1-2H3;3H,2H2,1H3. The number of carbonyl (C=O) groups excluding carboxylic acids is 2. The van der Waals surface area contributed by atoms with Gasteiger partial charge in [-0.2, -0.15) is 0 Å². The van der Waals surface area contributed by atoms with Crippen LogP contribution in [-0.2, 0) is 22.4 Å². The monoisotopic (exact) mass is 546 g/mol. The van der Waals surface area contributed by atoms with Crippen molar-refractivity contribution in [2.24, 2.45) is 0 Å². The van der Waals surface area contributed by atoms with Crippen LogP contribution in [0.2, 0.25) is 0 Å². The molecule has 5 heterocycles. The lowest BCUT2D eigenvalue weighted by atomic mass is 10.0. The van der Waals surface area contributed by atoms with Gasteiger partial charge in [-0.25, -0.2) is 9.97 Å². The second kappa shape index (κ2) is 13.5. The molecule has 0 spiro atoms. The van der Waals surface area contributed by atoms with Gasteiger partial charge in [-0.05, 0) is 62.4 Å². The zero-order valence-electron chi connectivity index (χ0n) is 23.7. The minimum atomic E-state index is -0.0883. The predicted octanol–water partition coefficient (Wildman–Crippen LogP) is 3.20. The summed E-state index contributed by atoms with van der Waals surface area (Å²) >= 11 is 0. The molecule has 3 aliphatic heterocycles. The lowest BCUT2D eigenvalue weighted by molar-refractivity contribution is -0.117. The van der Waals surface area contributed by atoms with E-state index in [4.69, 9.17) is 5.11 Å². The number of aliphatic hydroxyl groups is 1. The van der Waals surface area contributed by atoms with Crippen molar-refractivity contribution in [2.75, 3.05) is 55.2 Å². The highest BCUT2D eigenvalue weighted by molar-refractivity contribution is 6.06. The summed E-state index contributed by atoms with van der Waals surface area (Å²) in [5, 5.41) is 7.57. The summed E-state index contributed by atoms with van der Waals surface area (Å²) < 4.78 is 4.25. The van der Waals surface area contributed by atoms with Gasteiger partial charge in [0.1, 0.15) is 17.8 Å². The van der Waals surface area contributed by atoms with Crippen LogP contribution in [-0.4, -0.2) is 78.4 Å². The number of amides is 2. The van der Waals surface area contributed by atoms with Crippen LogP contribution >= 0.6 is 0 Å². The predicted molar refractivity (Wildman–Crippen MR) is 155 cm³/mol. The van der Waals surface area contributed by atoms with Gasteiger partial charge in [0.05, 0.1) is 17.8 Å². The van der Waals surface area contributed by atoms with Crippen molar-refractivity contribution in [3.63, 3.8) is 0 Å². The number of nitrogens with zero attached hydrogens (tertiary/aromatic N) is 6. The summed E-state index contributed by atoms with van der Waals surface area (Å²) in [7, 11) is 3.25. The molecule has 1 fully saturated rings. The highest BCUT2D eigenvalue weighted by Gasteiger charge is 2.36. The zero-order valence-corrected chi connectivity index (χ0v) is 23.7. The van der Waals surface area contributed by atoms with Crippen LogP contribution < -0.4 is 14.7 Å². The average Bonchev–Trinajstić information content (AvgIpc) is 3.55. The highest BCUT2D eigenvalue weighted by Crippen LogP contribution is 2.34. The molecule has 1 aromatic carbocycles. The number of rotatable bonds is 3. The zero-order chi connectivity index (χ0) is 28.6. The molecule has 212 valence electrons. The fraction of sp³-hybridized carbons (Fsp3) is 0.433. The van der Waals surface area contributed by atoms with Crippen LogP contribution in [0, 0.1) is 6.92 Å². The lowest BCUT2D eigenvalue weighted by Gasteiger charge is -2.37. The van der Waals surface area contributed by atoms with E-state index in [1.54, 1.807) is 33.4 Å². The molecule has 0 aliphatic carbocycles. The Morgan fingerprint density at radius 3 is 2.48 bits per heavy atom. The Hall–Kier alpha value is -3.89. The molecule has 40 heavy (non-hydrogen) atoms. The van der Waals surface area contributed by atoms with Crippen LogP contribution in [0.4, 0.5) is 17.2 Å². The minimum absolute atomic E-state index is 0.0883. The van der Waals surface area contributed by atoms with Crippen molar-refractivity contribution in [1.29, 1.82) is 0 Å². The molecule has 0 radical (unpaired) electrons. The number of hydrogen-bond donors (Lipinski definition) is 1.